The fourth-order valence-electron chi connectivity index (χ4n) is 2.91. The maximum Gasteiger partial charge on any atom is 0.129 e. The Bertz CT molecular complexity index is 471. The van der Waals surface area contributed by atoms with E-state index in [1.165, 1.54) is 6.07 Å². The Morgan fingerprint density at radius 2 is 2.19 bits per heavy atom. The molecular weight excluding hydrogens is 287 g/mol. The first-order valence-electron chi connectivity index (χ1n) is 7.78. The molecule has 0 aromatic heterocycles. The zero-order valence-corrected chi connectivity index (χ0v) is 14.2. The van der Waals surface area contributed by atoms with E-state index in [2.05, 4.69) is 37.9 Å². The summed E-state index contributed by atoms with van der Waals surface area (Å²) in [5.74, 6) is 0.352. The lowest BCUT2D eigenvalue weighted by molar-refractivity contribution is 0.0309. The van der Waals surface area contributed by atoms with Crippen molar-refractivity contribution in [2.24, 2.45) is 5.92 Å². The standard InChI is InChI=1S/C17H26ClFN2/c1-5-17(4)11-20-16(12(2)3)10-21(17)9-13-14(18)7-6-8-15(13)19/h6-8,12,16,20H,5,9-11H2,1-4H3. The van der Waals surface area contributed by atoms with Gasteiger partial charge in [0.2, 0.25) is 0 Å². The summed E-state index contributed by atoms with van der Waals surface area (Å²) in [5, 5.41) is 4.16. The van der Waals surface area contributed by atoms with Crippen molar-refractivity contribution in [2.75, 3.05) is 13.1 Å². The number of rotatable bonds is 4. The Labute approximate surface area is 132 Å². The minimum Gasteiger partial charge on any atom is -0.311 e. The highest BCUT2D eigenvalue weighted by molar-refractivity contribution is 6.31. The molecule has 1 fully saturated rings. The van der Waals surface area contributed by atoms with Crippen molar-refractivity contribution in [3.8, 4) is 0 Å². The fraction of sp³-hybridized carbons (Fsp3) is 0.647. The number of piperazine rings is 1. The second-order valence-corrected chi connectivity index (χ2v) is 7.07. The molecule has 118 valence electrons. The first kappa shape index (κ1) is 16.7. The molecule has 4 heteroatoms. The van der Waals surface area contributed by atoms with E-state index in [1.807, 2.05) is 0 Å². The van der Waals surface area contributed by atoms with Gasteiger partial charge in [0, 0.05) is 41.8 Å². The van der Waals surface area contributed by atoms with Crippen LogP contribution in [0.5, 0.6) is 0 Å². The van der Waals surface area contributed by atoms with E-state index in [4.69, 9.17) is 11.6 Å². The summed E-state index contributed by atoms with van der Waals surface area (Å²) < 4.78 is 14.1. The number of halogens is 2. The summed E-state index contributed by atoms with van der Waals surface area (Å²) >= 11 is 6.20. The van der Waals surface area contributed by atoms with Crippen molar-refractivity contribution in [1.82, 2.24) is 10.2 Å². The van der Waals surface area contributed by atoms with Crippen LogP contribution in [0.1, 0.15) is 39.7 Å². The quantitative estimate of drug-likeness (QED) is 0.901. The van der Waals surface area contributed by atoms with Crippen LogP contribution >= 0.6 is 11.6 Å². The largest absolute Gasteiger partial charge is 0.311 e. The third-order valence-electron chi connectivity index (χ3n) is 4.90. The van der Waals surface area contributed by atoms with Crippen LogP contribution in [-0.4, -0.2) is 29.6 Å². The summed E-state index contributed by atoms with van der Waals surface area (Å²) in [5.41, 5.74) is 0.653. The summed E-state index contributed by atoms with van der Waals surface area (Å²) in [6, 6.07) is 5.36. The molecule has 0 saturated carbocycles. The minimum atomic E-state index is -0.208. The monoisotopic (exact) mass is 312 g/mol. The molecule has 0 bridgehead atoms. The van der Waals surface area contributed by atoms with Crippen LogP contribution in [0.25, 0.3) is 0 Å². The zero-order chi connectivity index (χ0) is 15.6. The number of hydrogen-bond acceptors (Lipinski definition) is 2. The van der Waals surface area contributed by atoms with E-state index in [0.717, 1.165) is 19.5 Å². The molecule has 1 aromatic carbocycles. The highest BCUT2D eigenvalue weighted by Gasteiger charge is 2.37. The lowest BCUT2D eigenvalue weighted by Gasteiger charge is -2.49. The average Bonchev–Trinajstić information content (AvgIpc) is 2.44. The molecular formula is C17H26ClFN2. The third-order valence-corrected chi connectivity index (χ3v) is 5.26. The van der Waals surface area contributed by atoms with Crippen LogP contribution in [0.2, 0.25) is 5.02 Å². The van der Waals surface area contributed by atoms with Gasteiger partial charge in [-0.1, -0.05) is 38.4 Å². The molecule has 2 nitrogen and oxygen atoms in total. The van der Waals surface area contributed by atoms with Crippen LogP contribution in [0.4, 0.5) is 4.39 Å². The van der Waals surface area contributed by atoms with Gasteiger partial charge in [0.05, 0.1) is 0 Å². The molecule has 0 radical (unpaired) electrons. The minimum absolute atomic E-state index is 0.0387. The molecule has 1 aliphatic heterocycles. The van der Waals surface area contributed by atoms with Gasteiger partial charge in [-0.25, -0.2) is 4.39 Å². The summed E-state index contributed by atoms with van der Waals surface area (Å²) in [6.07, 6.45) is 1.02. The van der Waals surface area contributed by atoms with Gasteiger partial charge in [0.1, 0.15) is 5.82 Å². The van der Waals surface area contributed by atoms with Gasteiger partial charge in [-0.15, -0.1) is 0 Å². The Morgan fingerprint density at radius 1 is 1.48 bits per heavy atom. The van der Waals surface area contributed by atoms with Gasteiger partial charge in [-0.3, -0.25) is 4.90 Å². The molecule has 1 aliphatic rings. The summed E-state index contributed by atoms with van der Waals surface area (Å²) in [4.78, 5) is 2.39. The van der Waals surface area contributed by atoms with E-state index >= 15 is 0 Å². The lowest BCUT2D eigenvalue weighted by atomic mass is 9.88. The molecule has 2 unspecified atom stereocenters. The predicted molar refractivity (Wildman–Crippen MR) is 87.1 cm³/mol. The zero-order valence-electron chi connectivity index (χ0n) is 13.4. The van der Waals surface area contributed by atoms with Crippen LogP contribution in [-0.2, 0) is 6.54 Å². The second-order valence-electron chi connectivity index (χ2n) is 6.66. The van der Waals surface area contributed by atoms with Crippen molar-refractivity contribution in [3.63, 3.8) is 0 Å². The highest BCUT2D eigenvalue weighted by Crippen LogP contribution is 2.29. The molecule has 1 heterocycles. The van der Waals surface area contributed by atoms with Gasteiger partial charge in [0.25, 0.3) is 0 Å². The van der Waals surface area contributed by atoms with Crippen molar-refractivity contribution >= 4 is 11.6 Å². The summed E-state index contributed by atoms with van der Waals surface area (Å²) in [7, 11) is 0. The second kappa shape index (κ2) is 6.64. The average molecular weight is 313 g/mol. The van der Waals surface area contributed by atoms with Crippen molar-refractivity contribution in [3.05, 3.63) is 34.6 Å². The normalized spacial score (nSPS) is 27.3. The topological polar surface area (TPSA) is 15.3 Å². The summed E-state index contributed by atoms with van der Waals surface area (Å²) in [6.45, 7) is 11.3. The SMILES string of the molecule is CCC1(C)CNC(C(C)C)CN1Cc1c(F)cccc1Cl. The Hall–Kier alpha value is -0.640. The molecule has 21 heavy (non-hydrogen) atoms. The number of nitrogens with zero attached hydrogens (tertiary/aromatic N) is 1. The lowest BCUT2D eigenvalue weighted by Crippen LogP contribution is -2.63. The van der Waals surface area contributed by atoms with E-state index in [0.29, 0.717) is 29.1 Å². The van der Waals surface area contributed by atoms with Gasteiger partial charge in [0.15, 0.2) is 0 Å². The smallest absolute Gasteiger partial charge is 0.129 e. The van der Waals surface area contributed by atoms with E-state index in [1.54, 1.807) is 12.1 Å². The fourth-order valence-corrected chi connectivity index (χ4v) is 3.13. The maximum absolute atomic E-state index is 14.1. The Kier molecular flexibility index (Phi) is 5.29. The maximum atomic E-state index is 14.1. The van der Waals surface area contributed by atoms with Crippen LogP contribution < -0.4 is 5.32 Å². The van der Waals surface area contributed by atoms with Gasteiger partial charge < -0.3 is 5.32 Å². The predicted octanol–water partition coefficient (Wildman–Crippen LogP) is 4.08. The first-order valence-corrected chi connectivity index (χ1v) is 8.16. The van der Waals surface area contributed by atoms with Crippen LogP contribution in [0, 0.1) is 11.7 Å². The number of nitrogens with one attached hydrogen (secondary N) is 1. The number of benzene rings is 1. The van der Waals surface area contributed by atoms with E-state index in [9.17, 15) is 4.39 Å². The number of hydrogen-bond donors (Lipinski definition) is 1. The van der Waals surface area contributed by atoms with Crippen molar-refractivity contribution in [1.29, 1.82) is 0 Å². The van der Waals surface area contributed by atoms with Crippen LogP contribution in [0.3, 0.4) is 0 Å². The molecule has 1 aromatic rings. The molecule has 1 N–H and O–H groups in total. The Balaban J connectivity index is 2.24. The van der Waals surface area contributed by atoms with Crippen LogP contribution in [0.15, 0.2) is 18.2 Å². The molecule has 2 rings (SSSR count). The molecule has 1 saturated heterocycles. The molecule has 0 spiro atoms. The highest BCUT2D eigenvalue weighted by atomic mass is 35.5. The molecule has 0 amide bonds. The Morgan fingerprint density at radius 3 is 2.76 bits per heavy atom. The van der Waals surface area contributed by atoms with E-state index < -0.39 is 0 Å². The van der Waals surface area contributed by atoms with Gasteiger partial charge in [-0.05, 0) is 31.4 Å². The van der Waals surface area contributed by atoms with Crippen molar-refractivity contribution in [2.45, 2.75) is 52.2 Å². The first-order chi connectivity index (χ1) is 9.87. The molecule has 0 aliphatic carbocycles. The van der Waals surface area contributed by atoms with E-state index in [-0.39, 0.29) is 11.4 Å². The molecule has 2 atom stereocenters. The van der Waals surface area contributed by atoms with Crippen molar-refractivity contribution < 1.29 is 4.39 Å². The van der Waals surface area contributed by atoms with Gasteiger partial charge in [-0.2, -0.15) is 0 Å². The third kappa shape index (κ3) is 3.58. The van der Waals surface area contributed by atoms with Gasteiger partial charge >= 0.3 is 0 Å².